The summed E-state index contributed by atoms with van der Waals surface area (Å²) in [5.41, 5.74) is 2.88. The Labute approximate surface area is 204 Å². The van der Waals surface area contributed by atoms with Crippen LogP contribution in [-0.2, 0) is 15.0 Å². The van der Waals surface area contributed by atoms with E-state index in [9.17, 15) is 4.79 Å². The van der Waals surface area contributed by atoms with E-state index >= 15 is 0 Å². The molecule has 1 heterocycles. The van der Waals surface area contributed by atoms with Gasteiger partial charge in [-0.15, -0.1) is 0 Å². The lowest BCUT2D eigenvalue weighted by Crippen LogP contribution is -2.48. The third-order valence-corrected chi connectivity index (χ3v) is 6.11. The summed E-state index contributed by atoms with van der Waals surface area (Å²) in [5, 5.41) is 3.65. The summed E-state index contributed by atoms with van der Waals surface area (Å²) in [7, 11) is 2.15. The van der Waals surface area contributed by atoms with Gasteiger partial charge >= 0.3 is 0 Å². The number of halogens is 1. The summed E-state index contributed by atoms with van der Waals surface area (Å²) in [4.78, 5) is 31.0. The average Bonchev–Trinajstić information content (AvgIpc) is 2.88. The Balaban J connectivity index is 0.00000113. The smallest absolute Gasteiger partial charge is 0.252 e. The van der Waals surface area contributed by atoms with Crippen molar-refractivity contribution in [3.63, 3.8) is 0 Å². The number of amides is 1. The van der Waals surface area contributed by atoms with Gasteiger partial charge in [-0.05, 0) is 57.6 Å². The van der Waals surface area contributed by atoms with Crippen molar-refractivity contribution in [1.82, 2.24) is 10.2 Å². The van der Waals surface area contributed by atoms with Gasteiger partial charge in [-0.3, -0.25) is 4.79 Å². The van der Waals surface area contributed by atoms with Crippen molar-refractivity contribution < 1.29 is 14.4 Å². The lowest BCUT2D eigenvalue weighted by atomic mass is 9.72. The third-order valence-electron chi connectivity index (χ3n) is 5.78. The molecule has 3 rings (SSSR count). The lowest BCUT2D eigenvalue weighted by Gasteiger charge is -2.41. The molecule has 1 fully saturated rings. The highest BCUT2D eigenvalue weighted by Crippen LogP contribution is 2.34. The molecule has 33 heavy (non-hydrogen) atoms. The lowest BCUT2D eigenvalue weighted by molar-refractivity contribution is -0.0987. The van der Waals surface area contributed by atoms with Gasteiger partial charge in [-0.25, -0.2) is 0 Å². The zero-order valence-electron chi connectivity index (χ0n) is 20.5. The van der Waals surface area contributed by atoms with Crippen LogP contribution in [0.25, 0.3) is 0 Å². The van der Waals surface area contributed by atoms with Crippen LogP contribution in [0.2, 0.25) is 5.02 Å². The number of hydrogen-bond acceptors (Lipinski definition) is 4. The summed E-state index contributed by atoms with van der Waals surface area (Å²) in [6.07, 6.45) is 4.71. The van der Waals surface area contributed by atoms with Crippen molar-refractivity contribution in [3.05, 3.63) is 70.2 Å². The topological polar surface area (TPSA) is 66.5 Å². The average molecular weight is 475 g/mol. The third kappa shape index (κ3) is 9.89. The van der Waals surface area contributed by atoms with E-state index in [2.05, 4.69) is 55.4 Å². The zero-order chi connectivity index (χ0) is 25.3. The fraction of sp³-hybridized carbons (Fsp3) is 0.444. The second kappa shape index (κ2) is 17.0. The predicted octanol–water partition coefficient (Wildman–Crippen LogP) is 5.48. The number of aryl methyl sites for hydroxylation is 1. The fourth-order valence-corrected chi connectivity index (χ4v) is 3.77. The molecule has 0 bridgehead atoms. The molecule has 0 spiro atoms. The van der Waals surface area contributed by atoms with E-state index in [0.29, 0.717) is 17.1 Å². The number of rotatable bonds is 5. The molecule has 0 atom stereocenters. The van der Waals surface area contributed by atoms with E-state index in [1.165, 1.54) is 18.4 Å². The van der Waals surface area contributed by atoms with Gasteiger partial charge in [0.1, 0.15) is 13.6 Å². The van der Waals surface area contributed by atoms with Crippen LogP contribution in [0.5, 0.6) is 0 Å². The number of piperidine rings is 1. The Bertz CT molecular complexity index is 802. The molecule has 0 radical (unpaired) electrons. The number of hydrogen-bond donors (Lipinski definition) is 1. The molecular formula is C27H39ClN2O3. The van der Waals surface area contributed by atoms with E-state index in [4.69, 9.17) is 21.2 Å². The minimum atomic E-state index is -0.0945. The van der Waals surface area contributed by atoms with Crippen molar-refractivity contribution in [3.8, 4) is 0 Å². The van der Waals surface area contributed by atoms with Gasteiger partial charge in [0.25, 0.3) is 5.91 Å². The van der Waals surface area contributed by atoms with Crippen molar-refractivity contribution in [2.24, 2.45) is 0 Å². The van der Waals surface area contributed by atoms with Crippen molar-refractivity contribution in [2.45, 2.75) is 51.9 Å². The van der Waals surface area contributed by atoms with E-state index in [-0.39, 0.29) is 11.3 Å². The number of benzene rings is 2. The first-order valence-electron chi connectivity index (χ1n) is 11.3. The zero-order valence-corrected chi connectivity index (χ0v) is 21.3. The molecule has 0 aromatic heterocycles. The van der Waals surface area contributed by atoms with E-state index in [0.717, 1.165) is 31.5 Å². The maximum Gasteiger partial charge on any atom is 0.252 e. The van der Waals surface area contributed by atoms with Crippen molar-refractivity contribution in [2.75, 3.05) is 26.7 Å². The Morgan fingerprint density at radius 1 is 1.00 bits per heavy atom. The van der Waals surface area contributed by atoms with Gasteiger partial charge in [0.2, 0.25) is 0 Å². The van der Waals surface area contributed by atoms with Crippen LogP contribution in [0.1, 0.15) is 61.0 Å². The molecule has 2 aromatic rings. The summed E-state index contributed by atoms with van der Waals surface area (Å²) in [5.74, 6) is -0.0945. The highest BCUT2D eigenvalue weighted by Gasteiger charge is 2.35. The molecule has 5 nitrogen and oxygen atoms in total. The molecule has 6 heteroatoms. The first-order valence-corrected chi connectivity index (χ1v) is 11.7. The summed E-state index contributed by atoms with van der Waals surface area (Å²) < 4.78 is 0. The number of nitrogens with zero attached hydrogens (tertiary/aromatic N) is 1. The normalized spacial score (nSPS) is 14.2. The van der Waals surface area contributed by atoms with Crippen LogP contribution in [0.15, 0.2) is 48.5 Å². The molecule has 0 unspecified atom stereocenters. The highest BCUT2D eigenvalue weighted by molar-refractivity contribution is 6.33. The van der Waals surface area contributed by atoms with E-state index in [1.54, 1.807) is 6.07 Å². The van der Waals surface area contributed by atoms with Crippen molar-refractivity contribution >= 4 is 31.1 Å². The molecule has 1 aliphatic heterocycles. The molecule has 1 saturated heterocycles. The van der Waals surface area contributed by atoms with Gasteiger partial charge in [0.15, 0.2) is 0 Å². The minimum absolute atomic E-state index is 0.0142. The standard InChI is InChI=1S/C21H25ClN2O.C4H10.2CH2O/c1-16-8-9-19(22)18(14-16)20(25)23-15-21(10-12-24(2)13-11-21)17-6-4-3-5-7-17;1-3-4-2;2*1-2/h3-9,14H,10-13,15H2,1-2H3,(H,23,25);3-4H2,1-2H3;2*1H2. The molecule has 1 amide bonds. The maximum atomic E-state index is 12.7. The molecule has 0 saturated carbocycles. The predicted molar refractivity (Wildman–Crippen MR) is 138 cm³/mol. The summed E-state index contributed by atoms with van der Waals surface area (Å²) in [6.45, 7) is 13.0. The van der Waals surface area contributed by atoms with E-state index in [1.807, 2.05) is 38.7 Å². The quantitative estimate of drug-likeness (QED) is 0.623. The van der Waals surface area contributed by atoms with Crippen LogP contribution >= 0.6 is 11.6 Å². The Morgan fingerprint density at radius 3 is 2.06 bits per heavy atom. The van der Waals surface area contributed by atoms with Crippen LogP contribution in [0.4, 0.5) is 0 Å². The Kier molecular flexibility index (Phi) is 15.7. The second-order valence-corrected chi connectivity index (χ2v) is 8.52. The Hall–Kier alpha value is -2.50. The number of carbonyl (C=O) groups excluding carboxylic acids is 3. The number of likely N-dealkylation sites (tertiary alicyclic amines) is 1. The number of nitrogens with one attached hydrogen (secondary N) is 1. The van der Waals surface area contributed by atoms with Gasteiger partial charge in [0, 0.05) is 12.0 Å². The molecule has 1 aliphatic rings. The fourth-order valence-electron chi connectivity index (χ4n) is 3.56. The van der Waals surface area contributed by atoms with Crippen LogP contribution in [0, 0.1) is 6.92 Å². The highest BCUT2D eigenvalue weighted by atomic mass is 35.5. The van der Waals surface area contributed by atoms with Gasteiger partial charge < -0.3 is 19.8 Å². The van der Waals surface area contributed by atoms with Crippen molar-refractivity contribution in [1.29, 1.82) is 0 Å². The number of carbonyl (C=O) groups is 3. The van der Waals surface area contributed by atoms with Crippen LogP contribution in [-0.4, -0.2) is 51.1 Å². The molecular weight excluding hydrogens is 436 g/mol. The Morgan fingerprint density at radius 2 is 1.55 bits per heavy atom. The SMILES string of the molecule is C=O.C=O.CCCC.Cc1ccc(Cl)c(C(=O)NCC2(c3ccccc3)CCN(C)CC2)c1. The molecule has 182 valence electrons. The van der Waals surface area contributed by atoms with Crippen LogP contribution < -0.4 is 5.32 Å². The maximum absolute atomic E-state index is 12.7. The molecule has 0 aliphatic carbocycles. The molecule has 2 aromatic carbocycles. The minimum Gasteiger partial charge on any atom is -0.351 e. The van der Waals surface area contributed by atoms with Gasteiger partial charge in [0.05, 0.1) is 10.6 Å². The monoisotopic (exact) mass is 474 g/mol. The number of unbranched alkanes of at least 4 members (excludes halogenated alkanes) is 1. The first kappa shape index (κ1) is 30.5. The molecule has 1 N–H and O–H groups in total. The van der Waals surface area contributed by atoms with Gasteiger partial charge in [-0.1, -0.05) is 80.3 Å². The summed E-state index contributed by atoms with van der Waals surface area (Å²) >= 11 is 6.22. The second-order valence-electron chi connectivity index (χ2n) is 8.12. The largest absolute Gasteiger partial charge is 0.351 e. The van der Waals surface area contributed by atoms with Gasteiger partial charge in [-0.2, -0.15) is 0 Å². The summed E-state index contributed by atoms with van der Waals surface area (Å²) in [6, 6.07) is 16.1. The van der Waals surface area contributed by atoms with E-state index < -0.39 is 0 Å². The van der Waals surface area contributed by atoms with Crippen LogP contribution in [0.3, 0.4) is 0 Å². The first-order chi connectivity index (χ1) is 15.9.